The van der Waals surface area contributed by atoms with Gasteiger partial charge in [0.15, 0.2) is 0 Å². The van der Waals surface area contributed by atoms with Crippen molar-refractivity contribution in [1.82, 2.24) is 9.97 Å². The van der Waals surface area contributed by atoms with E-state index >= 15 is 0 Å². The van der Waals surface area contributed by atoms with Crippen LogP contribution < -0.4 is 5.32 Å². The van der Waals surface area contributed by atoms with E-state index in [1.165, 1.54) is 17.4 Å². The molecule has 2 heterocycles. The minimum atomic E-state index is -0.437. The number of halogens is 1. The molecule has 0 aliphatic carbocycles. The van der Waals surface area contributed by atoms with E-state index in [4.69, 9.17) is 0 Å². The van der Waals surface area contributed by atoms with Crippen LogP contribution in [0.5, 0.6) is 0 Å². The number of aryl methyl sites for hydroxylation is 1. The molecule has 0 fully saturated rings. The highest BCUT2D eigenvalue weighted by Crippen LogP contribution is 2.23. The molecule has 0 saturated heterocycles. The number of hydrogen-bond donors (Lipinski definition) is 1. The van der Waals surface area contributed by atoms with Gasteiger partial charge in [-0.25, -0.2) is 9.37 Å². The van der Waals surface area contributed by atoms with Crippen LogP contribution in [0.3, 0.4) is 0 Å². The molecule has 0 aliphatic rings. The van der Waals surface area contributed by atoms with Gasteiger partial charge in [-0.2, -0.15) is 0 Å². The molecule has 0 saturated carbocycles. The summed E-state index contributed by atoms with van der Waals surface area (Å²) in [5.41, 5.74) is 2.55. The summed E-state index contributed by atoms with van der Waals surface area (Å²) in [4.78, 5) is 20.5. The maximum atomic E-state index is 13.7. The summed E-state index contributed by atoms with van der Waals surface area (Å²) in [6, 6.07) is 8.45. The number of nitrogens with zero attached hydrogens (tertiary/aromatic N) is 2. The molecule has 1 amide bonds. The molecule has 0 atom stereocenters. The Balaban J connectivity index is 1.68. The molecule has 3 aromatic rings. The van der Waals surface area contributed by atoms with Crippen molar-refractivity contribution in [3.8, 4) is 10.6 Å². The first kappa shape index (κ1) is 15.3. The molecule has 0 aliphatic heterocycles. The predicted molar refractivity (Wildman–Crippen MR) is 88.8 cm³/mol. The van der Waals surface area contributed by atoms with Crippen molar-refractivity contribution in [2.24, 2.45) is 0 Å². The maximum absolute atomic E-state index is 13.7. The van der Waals surface area contributed by atoms with Gasteiger partial charge >= 0.3 is 0 Å². The maximum Gasteiger partial charge on any atom is 0.230 e. The van der Waals surface area contributed by atoms with E-state index in [1.807, 2.05) is 17.5 Å². The SMILES string of the molecule is Cc1ccc(NC(=O)Cc2csc(-c3cccnc3)n2)c(F)c1. The van der Waals surface area contributed by atoms with Gasteiger partial charge in [0.2, 0.25) is 5.91 Å². The molecule has 23 heavy (non-hydrogen) atoms. The molecule has 0 bridgehead atoms. The molecule has 0 radical (unpaired) electrons. The Kier molecular flexibility index (Phi) is 4.43. The van der Waals surface area contributed by atoms with Gasteiger partial charge in [-0.1, -0.05) is 6.07 Å². The number of aromatic nitrogens is 2. The number of hydrogen-bond acceptors (Lipinski definition) is 4. The first-order valence-corrected chi connectivity index (χ1v) is 7.90. The number of anilines is 1. The van der Waals surface area contributed by atoms with Crippen LogP contribution >= 0.6 is 11.3 Å². The minimum absolute atomic E-state index is 0.101. The van der Waals surface area contributed by atoms with Crippen molar-refractivity contribution < 1.29 is 9.18 Å². The number of rotatable bonds is 4. The number of carbonyl (C=O) groups excluding carboxylic acids is 1. The van der Waals surface area contributed by atoms with Crippen molar-refractivity contribution >= 4 is 22.9 Å². The third kappa shape index (κ3) is 3.78. The highest BCUT2D eigenvalue weighted by atomic mass is 32.1. The second-order valence-electron chi connectivity index (χ2n) is 5.09. The van der Waals surface area contributed by atoms with Gasteiger partial charge < -0.3 is 5.32 Å². The lowest BCUT2D eigenvalue weighted by Gasteiger charge is -2.06. The normalized spacial score (nSPS) is 10.5. The van der Waals surface area contributed by atoms with Crippen LogP contribution in [0.2, 0.25) is 0 Å². The third-order valence-electron chi connectivity index (χ3n) is 3.20. The van der Waals surface area contributed by atoms with Gasteiger partial charge in [0.1, 0.15) is 10.8 Å². The monoisotopic (exact) mass is 327 g/mol. The first-order valence-electron chi connectivity index (χ1n) is 7.02. The first-order chi connectivity index (χ1) is 11.1. The van der Waals surface area contributed by atoms with Crippen LogP contribution in [-0.4, -0.2) is 15.9 Å². The topological polar surface area (TPSA) is 54.9 Å². The van der Waals surface area contributed by atoms with E-state index in [0.29, 0.717) is 5.69 Å². The third-order valence-corrected chi connectivity index (χ3v) is 4.14. The van der Waals surface area contributed by atoms with Gasteiger partial charge in [0.05, 0.1) is 17.8 Å². The van der Waals surface area contributed by atoms with Crippen LogP contribution in [0.15, 0.2) is 48.1 Å². The molecule has 2 aromatic heterocycles. The second kappa shape index (κ2) is 6.66. The summed E-state index contributed by atoms with van der Waals surface area (Å²) in [7, 11) is 0. The van der Waals surface area contributed by atoms with Crippen molar-refractivity contribution in [2.45, 2.75) is 13.3 Å². The van der Waals surface area contributed by atoms with E-state index in [-0.39, 0.29) is 18.0 Å². The lowest BCUT2D eigenvalue weighted by molar-refractivity contribution is -0.115. The van der Waals surface area contributed by atoms with E-state index in [1.54, 1.807) is 31.5 Å². The zero-order valence-corrected chi connectivity index (χ0v) is 13.2. The molecular formula is C17H14FN3OS. The van der Waals surface area contributed by atoms with E-state index in [2.05, 4.69) is 15.3 Å². The van der Waals surface area contributed by atoms with Crippen LogP contribution in [0.4, 0.5) is 10.1 Å². The van der Waals surface area contributed by atoms with Gasteiger partial charge in [0, 0.05) is 23.3 Å². The summed E-state index contributed by atoms with van der Waals surface area (Å²) in [6.07, 6.45) is 3.52. The Hall–Kier alpha value is -2.60. The van der Waals surface area contributed by atoms with Gasteiger partial charge in [-0.05, 0) is 36.8 Å². The fraction of sp³-hybridized carbons (Fsp3) is 0.118. The zero-order chi connectivity index (χ0) is 16.2. The van der Waals surface area contributed by atoms with Crippen molar-refractivity contribution in [2.75, 3.05) is 5.32 Å². The summed E-state index contributed by atoms with van der Waals surface area (Å²) in [5, 5.41) is 5.21. The number of benzene rings is 1. The van der Waals surface area contributed by atoms with Gasteiger partial charge in [-0.3, -0.25) is 9.78 Å². The number of nitrogens with one attached hydrogen (secondary N) is 1. The Morgan fingerprint density at radius 1 is 1.35 bits per heavy atom. The highest BCUT2D eigenvalue weighted by molar-refractivity contribution is 7.13. The standard InChI is InChI=1S/C17H14FN3OS/c1-11-4-5-15(14(18)7-11)21-16(22)8-13-10-23-17(20-13)12-3-2-6-19-9-12/h2-7,9-10H,8H2,1H3,(H,21,22). The fourth-order valence-electron chi connectivity index (χ4n) is 2.09. The Bertz CT molecular complexity index is 833. The lowest BCUT2D eigenvalue weighted by atomic mass is 10.2. The Labute approximate surface area is 137 Å². The zero-order valence-electron chi connectivity index (χ0n) is 12.4. The van der Waals surface area contributed by atoms with E-state index in [9.17, 15) is 9.18 Å². The molecule has 1 aromatic carbocycles. The minimum Gasteiger partial charge on any atom is -0.323 e. The molecule has 0 unspecified atom stereocenters. The van der Waals surface area contributed by atoms with Crippen LogP contribution in [0, 0.1) is 12.7 Å². The summed E-state index contributed by atoms with van der Waals surface area (Å²) < 4.78 is 13.7. The highest BCUT2D eigenvalue weighted by Gasteiger charge is 2.11. The van der Waals surface area contributed by atoms with Gasteiger partial charge in [0.25, 0.3) is 0 Å². The van der Waals surface area contributed by atoms with Crippen LogP contribution in [0.25, 0.3) is 10.6 Å². The molecular weight excluding hydrogens is 313 g/mol. The smallest absolute Gasteiger partial charge is 0.230 e. The quantitative estimate of drug-likeness (QED) is 0.792. The van der Waals surface area contributed by atoms with Crippen molar-refractivity contribution in [3.05, 3.63) is 65.2 Å². The molecule has 4 nitrogen and oxygen atoms in total. The fourth-order valence-corrected chi connectivity index (χ4v) is 2.90. The lowest BCUT2D eigenvalue weighted by Crippen LogP contribution is -2.15. The number of carbonyl (C=O) groups is 1. The number of pyridine rings is 1. The van der Waals surface area contributed by atoms with Crippen LogP contribution in [0.1, 0.15) is 11.3 Å². The summed E-state index contributed by atoms with van der Waals surface area (Å²) in [5.74, 6) is -0.733. The number of amides is 1. The van der Waals surface area contributed by atoms with Gasteiger partial charge in [-0.15, -0.1) is 11.3 Å². The molecule has 3 rings (SSSR count). The van der Waals surface area contributed by atoms with Crippen molar-refractivity contribution in [1.29, 1.82) is 0 Å². The Morgan fingerprint density at radius 3 is 2.96 bits per heavy atom. The van der Waals surface area contributed by atoms with Crippen LogP contribution in [-0.2, 0) is 11.2 Å². The van der Waals surface area contributed by atoms with E-state index in [0.717, 1.165) is 16.1 Å². The largest absolute Gasteiger partial charge is 0.323 e. The van der Waals surface area contributed by atoms with E-state index < -0.39 is 5.82 Å². The average molecular weight is 327 g/mol. The molecule has 6 heteroatoms. The number of thiazole rings is 1. The summed E-state index contributed by atoms with van der Waals surface area (Å²) >= 11 is 1.45. The second-order valence-corrected chi connectivity index (χ2v) is 5.95. The Morgan fingerprint density at radius 2 is 2.22 bits per heavy atom. The molecule has 1 N–H and O–H groups in total. The summed E-state index contributed by atoms with van der Waals surface area (Å²) in [6.45, 7) is 1.80. The predicted octanol–water partition coefficient (Wildman–Crippen LogP) is 3.83. The van der Waals surface area contributed by atoms with Crippen molar-refractivity contribution in [3.63, 3.8) is 0 Å². The molecule has 0 spiro atoms. The average Bonchev–Trinajstić information content (AvgIpc) is 2.99. The molecule has 116 valence electrons.